The van der Waals surface area contributed by atoms with Crippen molar-refractivity contribution in [1.29, 1.82) is 0 Å². The molecule has 4 rings (SSSR count). The Hall–Kier alpha value is -3.85. The molecule has 3 aromatic carbocycles. The molecule has 44 heavy (non-hydrogen) atoms. The molecule has 0 heterocycles. The van der Waals surface area contributed by atoms with Crippen LogP contribution in [0.1, 0.15) is 27.7 Å². The smallest absolute Gasteiger partial charge is 0.200 e. The van der Waals surface area contributed by atoms with Crippen molar-refractivity contribution in [3.05, 3.63) is 110 Å². The molecule has 236 valence electrons. The second-order valence-electron chi connectivity index (χ2n) is 10.4. The van der Waals surface area contributed by atoms with Crippen LogP contribution in [-0.4, -0.2) is 6.15 Å². The second-order valence-corrected chi connectivity index (χ2v) is 10.4. The second kappa shape index (κ2) is 10.9. The van der Waals surface area contributed by atoms with Crippen molar-refractivity contribution in [2.45, 2.75) is 34.0 Å². The molecule has 16 heteroatoms. The van der Waals surface area contributed by atoms with Crippen molar-refractivity contribution in [1.82, 2.24) is 0 Å². The van der Waals surface area contributed by atoms with Crippen molar-refractivity contribution >= 4 is 22.5 Å². The van der Waals surface area contributed by atoms with Gasteiger partial charge in [0.2, 0.25) is 0 Å². The molecule has 0 nitrogen and oxygen atoms in total. The van der Waals surface area contributed by atoms with E-state index in [1.807, 2.05) is 0 Å². The average molecular weight is 647 g/mol. The highest BCUT2D eigenvalue weighted by molar-refractivity contribution is 7.12. The van der Waals surface area contributed by atoms with Crippen molar-refractivity contribution in [3.8, 4) is 0 Å². The van der Waals surface area contributed by atoms with E-state index in [0.29, 0.717) is 5.57 Å². The molecule has 0 fully saturated rings. The molecule has 0 N–H and O–H groups in total. The van der Waals surface area contributed by atoms with E-state index in [-0.39, 0.29) is 11.1 Å². The Morgan fingerprint density at radius 1 is 0.386 bits per heavy atom. The molecule has 3 aromatic rings. The monoisotopic (exact) mass is 647 g/mol. The minimum Gasteiger partial charge on any atom is -0.207 e. The number of hydrogen-bond donors (Lipinski definition) is 0. The molecule has 0 aromatic heterocycles. The molecule has 0 bridgehead atoms. The summed E-state index contributed by atoms with van der Waals surface area (Å²) < 4.78 is 224. The van der Waals surface area contributed by atoms with Crippen LogP contribution in [0.15, 0.2) is 22.3 Å². The first-order chi connectivity index (χ1) is 20.3. The lowest BCUT2D eigenvalue weighted by atomic mass is 9.13. The van der Waals surface area contributed by atoms with E-state index in [1.54, 1.807) is 0 Å². The minimum atomic E-state index is -5.62. The van der Waals surface area contributed by atoms with Gasteiger partial charge in [0, 0.05) is 0 Å². The third-order valence-electron chi connectivity index (χ3n) is 8.54. The van der Waals surface area contributed by atoms with Crippen LogP contribution in [-0.2, 0) is 0 Å². The summed E-state index contributed by atoms with van der Waals surface area (Å²) in [5, 5.41) is 0. The van der Waals surface area contributed by atoms with Gasteiger partial charge in [-0.05, 0) is 26.7 Å². The van der Waals surface area contributed by atoms with E-state index in [2.05, 4.69) is 0 Å². The van der Waals surface area contributed by atoms with Gasteiger partial charge in [0.1, 0.15) is 41.0 Å². The molecule has 1 aliphatic rings. The Kier molecular flexibility index (Phi) is 8.23. The summed E-state index contributed by atoms with van der Waals surface area (Å²) in [6.45, 7) is 5.33. The number of rotatable bonds is 5. The van der Waals surface area contributed by atoms with Gasteiger partial charge in [-0.1, -0.05) is 29.2 Å². The zero-order valence-corrected chi connectivity index (χ0v) is 22.5. The van der Waals surface area contributed by atoms with Crippen molar-refractivity contribution < 1.29 is 65.9 Å². The molecule has 1 unspecified atom stereocenters. The topological polar surface area (TPSA) is 0 Å². The van der Waals surface area contributed by atoms with E-state index in [4.69, 9.17) is 0 Å². The molecule has 0 spiro atoms. The highest BCUT2D eigenvalue weighted by Gasteiger charge is 2.49. The third-order valence-corrected chi connectivity index (χ3v) is 8.54. The van der Waals surface area contributed by atoms with Gasteiger partial charge in [-0.25, -0.2) is 65.9 Å². The maximum atomic E-state index is 15.6. The van der Waals surface area contributed by atoms with Gasteiger partial charge >= 0.3 is 0 Å². The van der Waals surface area contributed by atoms with Crippen LogP contribution in [0, 0.1) is 93.2 Å². The molecule has 1 aliphatic carbocycles. The van der Waals surface area contributed by atoms with Crippen LogP contribution in [0.25, 0.3) is 0 Å². The van der Waals surface area contributed by atoms with Crippen LogP contribution in [0.3, 0.4) is 0 Å². The number of benzene rings is 3. The fourth-order valence-electron chi connectivity index (χ4n) is 5.97. The molecule has 0 saturated carbocycles. The Morgan fingerprint density at radius 3 is 0.818 bits per heavy atom. The van der Waals surface area contributed by atoms with Crippen molar-refractivity contribution in [2.75, 3.05) is 0 Å². The third kappa shape index (κ3) is 4.26. The zero-order valence-electron chi connectivity index (χ0n) is 22.5. The van der Waals surface area contributed by atoms with E-state index in [0.717, 1.165) is 0 Å². The molecule has 0 aliphatic heterocycles. The number of allylic oxidation sites excluding steroid dienone is 4. The van der Waals surface area contributed by atoms with E-state index in [1.165, 1.54) is 27.7 Å². The molecular formula is C28H15BF15-. The molecule has 0 amide bonds. The van der Waals surface area contributed by atoms with Crippen LogP contribution < -0.4 is 16.4 Å². The summed E-state index contributed by atoms with van der Waals surface area (Å²) in [6.07, 6.45) is -7.39. The van der Waals surface area contributed by atoms with E-state index < -0.39 is 128 Å². The van der Waals surface area contributed by atoms with Crippen molar-refractivity contribution in [2.24, 2.45) is 5.92 Å². The maximum Gasteiger partial charge on any atom is 0.200 e. The molecular weight excluding hydrogens is 632 g/mol. The standard InChI is InChI=1S/C28H15BF15/c1-6-7(2)9(4)10(8(6)3)5-29(11-14(30)20(36)26(42)21(37)15(11)31,12-16(32)22(38)27(43)23(39)17(12)33)13-18(34)24(40)28(44)25(41)19(13)35/h6H,5H2,1-4H3/q-1. The Morgan fingerprint density at radius 2 is 0.614 bits per heavy atom. The SMILES string of the molecule is CC1=C(C)C(C)C(C)=C1C[B-](c1c(F)c(F)c(F)c(F)c1F)(c1c(F)c(F)c(F)c(F)c1F)c1c(F)c(F)c(F)c(F)c1F. The Labute approximate surface area is 238 Å². The highest BCUT2D eigenvalue weighted by atomic mass is 19.2. The predicted octanol–water partition coefficient (Wildman–Crippen LogP) is 7.55. The summed E-state index contributed by atoms with van der Waals surface area (Å²) in [4.78, 5) is 0. The van der Waals surface area contributed by atoms with Gasteiger partial charge in [-0.2, -0.15) is 0 Å². The summed E-state index contributed by atoms with van der Waals surface area (Å²) in [7, 11) is 0. The molecule has 1 atom stereocenters. The molecule has 0 radical (unpaired) electrons. The van der Waals surface area contributed by atoms with Gasteiger partial charge in [-0.3, -0.25) is 0 Å². The first kappa shape index (κ1) is 33.1. The lowest BCUT2D eigenvalue weighted by Gasteiger charge is -2.44. The average Bonchev–Trinajstić information content (AvgIpc) is 3.16. The van der Waals surface area contributed by atoms with E-state index >= 15 is 26.3 Å². The van der Waals surface area contributed by atoms with Gasteiger partial charge in [0.15, 0.2) is 52.4 Å². The fraction of sp³-hybridized carbons (Fsp3) is 0.214. The maximum absolute atomic E-state index is 15.6. The van der Waals surface area contributed by atoms with Crippen LogP contribution in [0.2, 0.25) is 6.32 Å². The van der Waals surface area contributed by atoms with Crippen LogP contribution in [0.5, 0.6) is 0 Å². The first-order valence-corrected chi connectivity index (χ1v) is 12.4. The minimum absolute atomic E-state index is 0.00198. The van der Waals surface area contributed by atoms with E-state index in [9.17, 15) is 39.5 Å². The van der Waals surface area contributed by atoms with Gasteiger partial charge in [0.05, 0.1) is 0 Å². The summed E-state index contributed by atoms with van der Waals surface area (Å²) >= 11 is 0. The predicted molar refractivity (Wildman–Crippen MR) is 128 cm³/mol. The number of halogens is 15. The normalized spacial score (nSPS) is 15.8. The summed E-state index contributed by atoms with van der Waals surface area (Å²) in [5.74, 6) is -45.6. The van der Waals surface area contributed by atoms with Crippen LogP contribution >= 0.6 is 0 Å². The Balaban J connectivity index is 2.50. The lowest BCUT2D eigenvalue weighted by Crippen LogP contribution is -2.73. The summed E-state index contributed by atoms with van der Waals surface area (Å²) in [6, 6.07) is 0. The van der Waals surface area contributed by atoms with Crippen molar-refractivity contribution in [3.63, 3.8) is 0 Å². The van der Waals surface area contributed by atoms with Gasteiger partial charge < -0.3 is 0 Å². The van der Waals surface area contributed by atoms with Gasteiger partial charge in [0.25, 0.3) is 0 Å². The largest absolute Gasteiger partial charge is 0.207 e. The fourth-order valence-corrected chi connectivity index (χ4v) is 5.97. The zero-order chi connectivity index (χ0) is 33.5. The van der Waals surface area contributed by atoms with Gasteiger partial charge in [-0.15, -0.1) is 22.7 Å². The quantitative estimate of drug-likeness (QED) is 0.116. The Bertz CT molecular complexity index is 1580. The lowest BCUT2D eigenvalue weighted by molar-refractivity contribution is 0.379. The van der Waals surface area contributed by atoms with Crippen LogP contribution in [0.4, 0.5) is 65.9 Å². The summed E-state index contributed by atoms with van der Waals surface area (Å²) in [5.41, 5.74) is -7.82. The molecule has 0 saturated heterocycles. The number of hydrogen-bond acceptors (Lipinski definition) is 0. The first-order valence-electron chi connectivity index (χ1n) is 12.4. The highest BCUT2D eigenvalue weighted by Crippen LogP contribution is 2.42.